The zero-order chi connectivity index (χ0) is 22.4. The molecule has 0 atom stereocenters. The first-order chi connectivity index (χ1) is 14.1. The highest BCUT2D eigenvalue weighted by molar-refractivity contribution is 5.88. The van der Waals surface area contributed by atoms with Crippen molar-refractivity contribution in [3.05, 3.63) is 30.1 Å². The fourth-order valence-electron chi connectivity index (χ4n) is 4.04. The normalized spacial score (nSPS) is 18.7. The van der Waals surface area contributed by atoms with E-state index >= 15 is 0 Å². The molecule has 1 aromatic heterocycles. The molecule has 1 aromatic rings. The number of rotatable bonds is 6. The SMILES string of the molecule is CCC(CC)CN1CCC2(CC1)CN(Cc1cccnc1)C2=O.O=C(O)C(F)(F)F. The van der Waals surface area contributed by atoms with E-state index in [0.29, 0.717) is 12.5 Å². The lowest BCUT2D eigenvalue weighted by Crippen LogP contribution is -2.64. The summed E-state index contributed by atoms with van der Waals surface area (Å²) in [6, 6.07) is 3.98. The maximum Gasteiger partial charge on any atom is 0.490 e. The van der Waals surface area contributed by atoms with Gasteiger partial charge in [-0.2, -0.15) is 13.2 Å². The molecule has 0 unspecified atom stereocenters. The first-order valence-electron chi connectivity index (χ1n) is 10.3. The molecule has 9 heteroatoms. The molecule has 2 saturated heterocycles. The molecule has 0 aliphatic carbocycles. The largest absolute Gasteiger partial charge is 0.490 e. The average Bonchev–Trinajstić information content (AvgIpc) is 2.73. The maximum absolute atomic E-state index is 12.7. The molecule has 168 valence electrons. The van der Waals surface area contributed by atoms with Crippen molar-refractivity contribution in [2.45, 2.75) is 52.3 Å². The van der Waals surface area contributed by atoms with Crippen LogP contribution in [0.4, 0.5) is 13.2 Å². The second kappa shape index (κ2) is 10.2. The number of nitrogens with zero attached hydrogens (tertiary/aromatic N) is 3. The number of aromatic nitrogens is 1. The van der Waals surface area contributed by atoms with E-state index in [4.69, 9.17) is 9.90 Å². The number of likely N-dealkylation sites (tertiary alicyclic amines) is 2. The van der Waals surface area contributed by atoms with Gasteiger partial charge in [-0.3, -0.25) is 9.78 Å². The Labute approximate surface area is 175 Å². The number of hydrogen-bond acceptors (Lipinski definition) is 4. The Morgan fingerprint density at radius 2 is 1.87 bits per heavy atom. The Morgan fingerprint density at radius 1 is 1.27 bits per heavy atom. The van der Waals surface area contributed by atoms with Crippen molar-refractivity contribution in [1.29, 1.82) is 0 Å². The highest BCUT2D eigenvalue weighted by Crippen LogP contribution is 2.42. The number of aliphatic carboxylic acids is 1. The highest BCUT2D eigenvalue weighted by Gasteiger charge is 2.52. The topological polar surface area (TPSA) is 73.7 Å². The van der Waals surface area contributed by atoms with E-state index in [-0.39, 0.29) is 5.41 Å². The lowest BCUT2D eigenvalue weighted by Gasteiger charge is -2.52. The molecule has 0 radical (unpaired) electrons. The summed E-state index contributed by atoms with van der Waals surface area (Å²) in [6.07, 6.45) is 3.14. The minimum absolute atomic E-state index is 0.0490. The van der Waals surface area contributed by atoms with Crippen LogP contribution in [0.5, 0.6) is 0 Å². The average molecular weight is 429 g/mol. The molecule has 2 fully saturated rings. The summed E-state index contributed by atoms with van der Waals surface area (Å²) in [6.45, 7) is 9.59. The van der Waals surface area contributed by atoms with Gasteiger partial charge in [0.25, 0.3) is 0 Å². The van der Waals surface area contributed by atoms with E-state index in [1.165, 1.54) is 19.4 Å². The van der Waals surface area contributed by atoms with Crippen LogP contribution >= 0.6 is 0 Å². The van der Waals surface area contributed by atoms with Crippen molar-refractivity contribution in [3.8, 4) is 0 Å². The third-order valence-electron chi connectivity index (χ3n) is 6.06. The number of alkyl halides is 3. The fraction of sp³-hybridized carbons (Fsp3) is 0.667. The second-order valence-corrected chi connectivity index (χ2v) is 8.09. The van der Waals surface area contributed by atoms with Gasteiger partial charge in [-0.05, 0) is 43.5 Å². The number of β-lactam (4-membered cyclic amide) rings is 1. The standard InChI is InChI=1S/C19H29N3O.C2HF3O2/c1-3-16(4-2)13-21-10-7-19(8-11-21)15-22(18(19)23)14-17-6-5-9-20-12-17;3-2(4,5)1(6)7/h5-6,9,12,16H,3-4,7-8,10-11,13-15H2,1-2H3;(H,6,7). The van der Waals surface area contributed by atoms with Crippen LogP contribution in [-0.4, -0.2) is 64.1 Å². The molecule has 2 aliphatic heterocycles. The zero-order valence-corrected chi connectivity index (χ0v) is 17.5. The van der Waals surface area contributed by atoms with Crippen LogP contribution in [0.1, 0.15) is 45.1 Å². The number of halogens is 3. The van der Waals surface area contributed by atoms with Gasteiger partial charge in [0, 0.05) is 32.0 Å². The first-order valence-corrected chi connectivity index (χ1v) is 10.3. The van der Waals surface area contributed by atoms with Crippen molar-refractivity contribution in [2.24, 2.45) is 11.3 Å². The molecule has 2 aliphatic rings. The zero-order valence-electron chi connectivity index (χ0n) is 17.5. The molecule has 30 heavy (non-hydrogen) atoms. The minimum Gasteiger partial charge on any atom is -0.475 e. The van der Waals surface area contributed by atoms with Crippen molar-refractivity contribution in [1.82, 2.24) is 14.8 Å². The van der Waals surface area contributed by atoms with Crippen LogP contribution in [0.2, 0.25) is 0 Å². The van der Waals surface area contributed by atoms with Crippen LogP contribution in [0.15, 0.2) is 24.5 Å². The van der Waals surface area contributed by atoms with Crippen LogP contribution in [0, 0.1) is 11.3 Å². The molecule has 6 nitrogen and oxygen atoms in total. The molecule has 3 heterocycles. The smallest absolute Gasteiger partial charge is 0.475 e. The number of carboxylic acid groups (broad SMARTS) is 1. The summed E-state index contributed by atoms with van der Waals surface area (Å²) >= 11 is 0. The van der Waals surface area contributed by atoms with Gasteiger partial charge in [-0.15, -0.1) is 0 Å². The Hall–Kier alpha value is -2.16. The summed E-state index contributed by atoms with van der Waals surface area (Å²) in [4.78, 5) is 30.3. The fourth-order valence-corrected chi connectivity index (χ4v) is 4.04. The third kappa shape index (κ3) is 6.17. The quantitative estimate of drug-likeness (QED) is 0.700. The van der Waals surface area contributed by atoms with Crippen LogP contribution in [0.3, 0.4) is 0 Å². The predicted molar refractivity (Wildman–Crippen MR) is 106 cm³/mol. The summed E-state index contributed by atoms with van der Waals surface area (Å²) < 4.78 is 31.7. The Bertz CT molecular complexity index is 700. The summed E-state index contributed by atoms with van der Waals surface area (Å²) in [7, 11) is 0. The van der Waals surface area contributed by atoms with Gasteiger partial charge < -0.3 is 14.9 Å². The van der Waals surface area contributed by atoms with Gasteiger partial charge in [-0.1, -0.05) is 32.8 Å². The van der Waals surface area contributed by atoms with Gasteiger partial charge >= 0.3 is 12.1 Å². The van der Waals surface area contributed by atoms with E-state index in [2.05, 4.69) is 23.7 Å². The molecular formula is C21H30F3N3O3. The summed E-state index contributed by atoms with van der Waals surface area (Å²) in [5.41, 5.74) is 1.08. The number of carboxylic acids is 1. The van der Waals surface area contributed by atoms with E-state index in [1.807, 2.05) is 23.2 Å². The van der Waals surface area contributed by atoms with Crippen molar-refractivity contribution in [2.75, 3.05) is 26.2 Å². The van der Waals surface area contributed by atoms with Crippen LogP contribution in [0.25, 0.3) is 0 Å². The summed E-state index contributed by atoms with van der Waals surface area (Å²) in [5, 5.41) is 7.12. The second-order valence-electron chi connectivity index (χ2n) is 8.09. The Balaban J connectivity index is 0.000000396. The van der Waals surface area contributed by atoms with E-state index in [0.717, 1.165) is 44.0 Å². The number of pyridine rings is 1. The van der Waals surface area contributed by atoms with Crippen molar-refractivity contribution >= 4 is 11.9 Å². The van der Waals surface area contributed by atoms with Crippen molar-refractivity contribution in [3.63, 3.8) is 0 Å². The molecule has 0 aromatic carbocycles. The molecule has 3 rings (SSSR count). The van der Waals surface area contributed by atoms with E-state index in [1.54, 1.807) is 6.20 Å². The number of hydrogen-bond donors (Lipinski definition) is 1. The monoisotopic (exact) mass is 429 g/mol. The highest BCUT2D eigenvalue weighted by atomic mass is 19.4. The Morgan fingerprint density at radius 3 is 2.30 bits per heavy atom. The lowest BCUT2D eigenvalue weighted by molar-refractivity contribution is -0.192. The van der Waals surface area contributed by atoms with Gasteiger partial charge in [-0.25, -0.2) is 4.79 Å². The van der Waals surface area contributed by atoms with Gasteiger partial charge in [0.15, 0.2) is 0 Å². The third-order valence-corrected chi connectivity index (χ3v) is 6.06. The van der Waals surface area contributed by atoms with E-state index < -0.39 is 12.1 Å². The van der Waals surface area contributed by atoms with E-state index in [9.17, 15) is 18.0 Å². The summed E-state index contributed by atoms with van der Waals surface area (Å²) in [5.74, 6) is -1.58. The van der Waals surface area contributed by atoms with Gasteiger partial charge in [0.2, 0.25) is 5.91 Å². The number of amides is 1. The van der Waals surface area contributed by atoms with Crippen molar-refractivity contribution < 1.29 is 27.9 Å². The van der Waals surface area contributed by atoms with Crippen LogP contribution < -0.4 is 0 Å². The maximum atomic E-state index is 12.7. The molecular weight excluding hydrogens is 399 g/mol. The molecule has 1 N–H and O–H groups in total. The molecule has 0 bridgehead atoms. The first kappa shape index (κ1) is 24.1. The number of carbonyl (C=O) groups is 2. The van der Waals surface area contributed by atoms with Gasteiger partial charge in [0.05, 0.1) is 5.41 Å². The molecule has 1 spiro atoms. The molecule has 1 amide bonds. The Kier molecular flexibility index (Phi) is 8.23. The molecule has 0 saturated carbocycles. The van der Waals surface area contributed by atoms with Crippen LogP contribution in [-0.2, 0) is 16.1 Å². The number of carbonyl (C=O) groups excluding carboxylic acids is 1. The number of piperidine rings is 1. The predicted octanol–water partition coefficient (Wildman–Crippen LogP) is 3.58. The lowest BCUT2D eigenvalue weighted by atomic mass is 9.71. The minimum atomic E-state index is -5.08. The van der Waals surface area contributed by atoms with Gasteiger partial charge in [0.1, 0.15) is 0 Å².